The Labute approximate surface area is 168 Å². The van der Waals surface area contributed by atoms with Crippen LogP contribution in [0.2, 0.25) is 5.02 Å². The smallest absolute Gasteiger partial charge is 0.270 e. The predicted octanol–water partition coefficient (Wildman–Crippen LogP) is 4.16. The number of carbonyl (C=O) groups is 1. The zero-order chi connectivity index (χ0) is 19.9. The van der Waals surface area contributed by atoms with Crippen molar-refractivity contribution in [1.82, 2.24) is 15.3 Å². The third kappa shape index (κ3) is 5.20. The standard InChI is InChI=1S/C21H21ClN4O2/c1-14-6-7-16(22)11-18(14)26-20-12-19(24-13-25-20)21(27)23-9-8-15-4-3-5-17(10-15)28-2/h3-7,10-13H,8-9H2,1-2H3,(H,23,27)(H,24,25,26). The van der Waals surface area contributed by atoms with E-state index < -0.39 is 0 Å². The molecule has 0 saturated heterocycles. The number of aryl methyl sites for hydroxylation is 1. The first-order valence-electron chi connectivity index (χ1n) is 8.81. The number of nitrogens with zero attached hydrogens (tertiary/aromatic N) is 2. The second-order valence-corrected chi connectivity index (χ2v) is 6.67. The molecule has 1 amide bonds. The summed E-state index contributed by atoms with van der Waals surface area (Å²) in [4.78, 5) is 20.6. The first kappa shape index (κ1) is 19.6. The van der Waals surface area contributed by atoms with Crippen LogP contribution in [0.3, 0.4) is 0 Å². The Kier molecular flexibility index (Phi) is 6.45. The van der Waals surface area contributed by atoms with Crippen molar-refractivity contribution >= 4 is 29.0 Å². The van der Waals surface area contributed by atoms with E-state index in [4.69, 9.17) is 16.3 Å². The molecule has 3 rings (SSSR count). The van der Waals surface area contributed by atoms with Gasteiger partial charge in [0.2, 0.25) is 0 Å². The van der Waals surface area contributed by atoms with Gasteiger partial charge in [0.15, 0.2) is 0 Å². The van der Waals surface area contributed by atoms with Crippen molar-refractivity contribution < 1.29 is 9.53 Å². The molecule has 2 N–H and O–H groups in total. The molecular formula is C21H21ClN4O2. The summed E-state index contributed by atoms with van der Waals surface area (Å²) < 4.78 is 5.21. The third-order valence-corrected chi connectivity index (χ3v) is 4.43. The molecular weight excluding hydrogens is 376 g/mol. The van der Waals surface area contributed by atoms with Crippen LogP contribution >= 0.6 is 11.6 Å². The molecule has 0 aliphatic rings. The quantitative estimate of drug-likeness (QED) is 0.627. The van der Waals surface area contributed by atoms with Crippen LogP contribution in [0.4, 0.5) is 11.5 Å². The number of aromatic nitrogens is 2. The largest absolute Gasteiger partial charge is 0.497 e. The van der Waals surface area contributed by atoms with E-state index in [0.717, 1.165) is 22.6 Å². The van der Waals surface area contributed by atoms with Crippen molar-refractivity contribution in [2.45, 2.75) is 13.3 Å². The van der Waals surface area contributed by atoms with Gasteiger partial charge < -0.3 is 15.4 Å². The molecule has 1 aromatic heterocycles. The zero-order valence-electron chi connectivity index (χ0n) is 15.7. The number of amides is 1. The lowest BCUT2D eigenvalue weighted by Crippen LogP contribution is -2.26. The minimum Gasteiger partial charge on any atom is -0.497 e. The van der Waals surface area contributed by atoms with Gasteiger partial charge >= 0.3 is 0 Å². The summed E-state index contributed by atoms with van der Waals surface area (Å²) in [5.74, 6) is 1.07. The van der Waals surface area contributed by atoms with E-state index in [1.54, 1.807) is 13.2 Å². The van der Waals surface area contributed by atoms with Gasteiger partial charge in [-0.25, -0.2) is 9.97 Å². The molecule has 0 radical (unpaired) electrons. The fourth-order valence-corrected chi connectivity index (χ4v) is 2.83. The Bertz CT molecular complexity index is 978. The molecule has 0 aliphatic heterocycles. The van der Waals surface area contributed by atoms with Crippen LogP contribution < -0.4 is 15.4 Å². The van der Waals surface area contributed by atoms with Gasteiger partial charge in [0.05, 0.1) is 7.11 Å². The van der Waals surface area contributed by atoms with Crippen LogP contribution in [-0.2, 0) is 6.42 Å². The highest BCUT2D eigenvalue weighted by atomic mass is 35.5. The van der Waals surface area contributed by atoms with Crippen LogP contribution in [0.5, 0.6) is 5.75 Å². The van der Waals surface area contributed by atoms with E-state index >= 15 is 0 Å². The highest BCUT2D eigenvalue weighted by Crippen LogP contribution is 2.23. The summed E-state index contributed by atoms with van der Waals surface area (Å²) in [6.45, 7) is 2.46. The molecule has 3 aromatic rings. The maximum atomic E-state index is 12.4. The number of rotatable bonds is 7. The molecule has 0 saturated carbocycles. The summed E-state index contributed by atoms with van der Waals surface area (Å²) >= 11 is 6.05. The Morgan fingerprint density at radius 3 is 2.82 bits per heavy atom. The number of hydrogen-bond acceptors (Lipinski definition) is 5. The normalized spacial score (nSPS) is 10.4. The average Bonchev–Trinajstić information content (AvgIpc) is 2.71. The fraction of sp³-hybridized carbons (Fsp3) is 0.190. The van der Waals surface area contributed by atoms with E-state index in [9.17, 15) is 4.79 Å². The summed E-state index contributed by atoms with van der Waals surface area (Å²) in [7, 11) is 1.63. The van der Waals surface area contributed by atoms with Crippen molar-refractivity contribution in [3.63, 3.8) is 0 Å². The lowest BCUT2D eigenvalue weighted by atomic mass is 10.1. The first-order valence-corrected chi connectivity index (χ1v) is 9.19. The summed E-state index contributed by atoms with van der Waals surface area (Å²) in [5.41, 5.74) is 3.23. The second kappa shape index (κ2) is 9.19. The van der Waals surface area contributed by atoms with Gasteiger partial charge in [-0.3, -0.25) is 4.79 Å². The van der Waals surface area contributed by atoms with Gasteiger partial charge in [0.1, 0.15) is 23.6 Å². The monoisotopic (exact) mass is 396 g/mol. The Morgan fingerprint density at radius 1 is 1.14 bits per heavy atom. The lowest BCUT2D eigenvalue weighted by Gasteiger charge is -2.10. The molecule has 0 fully saturated rings. The van der Waals surface area contributed by atoms with Gasteiger partial charge in [0.25, 0.3) is 5.91 Å². The van der Waals surface area contributed by atoms with E-state index in [0.29, 0.717) is 29.5 Å². The molecule has 0 atom stereocenters. The predicted molar refractivity (Wildman–Crippen MR) is 111 cm³/mol. The topological polar surface area (TPSA) is 76.1 Å². The van der Waals surface area contributed by atoms with Crippen LogP contribution in [0.15, 0.2) is 54.9 Å². The number of benzene rings is 2. The Balaban J connectivity index is 1.61. The highest BCUT2D eigenvalue weighted by molar-refractivity contribution is 6.30. The van der Waals surface area contributed by atoms with E-state index in [2.05, 4.69) is 20.6 Å². The molecule has 2 aromatic carbocycles. The van der Waals surface area contributed by atoms with Crippen molar-refractivity contribution in [2.75, 3.05) is 19.0 Å². The molecule has 28 heavy (non-hydrogen) atoms. The first-order chi connectivity index (χ1) is 13.5. The highest BCUT2D eigenvalue weighted by Gasteiger charge is 2.09. The van der Waals surface area contributed by atoms with Crippen LogP contribution in [0, 0.1) is 6.92 Å². The van der Waals surface area contributed by atoms with Crippen molar-refractivity contribution in [2.24, 2.45) is 0 Å². The fourth-order valence-electron chi connectivity index (χ4n) is 2.66. The Hall–Kier alpha value is -3.12. The molecule has 0 bridgehead atoms. The SMILES string of the molecule is COc1cccc(CCNC(=O)c2cc(Nc3cc(Cl)ccc3C)ncn2)c1. The van der Waals surface area contributed by atoms with Crippen molar-refractivity contribution in [3.8, 4) is 5.75 Å². The van der Waals surface area contributed by atoms with Gasteiger partial charge in [-0.2, -0.15) is 0 Å². The number of carbonyl (C=O) groups excluding carboxylic acids is 1. The molecule has 7 heteroatoms. The number of halogens is 1. The number of ether oxygens (including phenoxy) is 1. The van der Waals surface area contributed by atoms with Crippen molar-refractivity contribution in [3.05, 3.63) is 76.7 Å². The maximum Gasteiger partial charge on any atom is 0.270 e. The molecule has 0 unspecified atom stereocenters. The summed E-state index contributed by atoms with van der Waals surface area (Å²) in [5, 5.41) is 6.67. The van der Waals surface area contributed by atoms with E-state index in [-0.39, 0.29) is 5.91 Å². The lowest BCUT2D eigenvalue weighted by molar-refractivity contribution is 0.0949. The second-order valence-electron chi connectivity index (χ2n) is 6.23. The van der Waals surface area contributed by atoms with Crippen LogP contribution in [-0.4, -0.2) is 29.5 Å². The minimum absolute atomic E-state index is 0.254. The molecule has 1 heterocycles. The van der Waals surface area contributed by atoms with E-state index in [1.165, 1.54) is 6.33 Å². The minimum atomic E-state index is -0.254. The Morgan fingerprint density at radius 2 is 2.00 bits per heavy atom. The zero-order valence-corrected chi connectivity index (χ0v) is 16.5. The average molecular weight is 397 g/mol. The molecule has 6 nitrogen and oxygen atoms in total. The maximum absolute atomic E-state index is 12.4. The van der Waals surface area contributed by atoms with Gasteiger partial charge in [-0.15, -0.1) is 0 Å². The number of anilines is 2. The number of nitrogens with one attached hydrogen (secondary N) is 2. The molecule has 0 spiro atoms. The van der Waals surface area contributed by atoms with Crippen LogP contribution in [0.1, 0.15) is 21.6 Å². The van der Waals surface area contributed by atoms with Crippen molar-refractivity contribution in [1.29, 1.82) is 0 Å². The van der Waals surface area contributed by atoms with Gasteiger partial charge in [-0.1, -0.05) is 29.8 Å². The van der Waals surface area contributed by atoms with Crippen LogP contribution in [0.25, 0.3) is 0 Å². The van der Waals surface area contributed by atoms with Gasteiger partial charge in [0, 0.05) is 23.3 Å². The third-order valence-electron chi connectivity index (χ3n) is 4.20. The number of hydrogen-bond donors (Lipinski definition) is 2. The molecule has 0 aliphatic carbocycles. The van der Waals surface area contributed by atoms with Gasteiger partial charge in [-0.05, 0) is 48.7 Å². The van der Waals surface area contributed by atoms with E-state index in [1.807, 2.05) is 49.4 Å². The molecule has 144 valence electrons. The summed E-state index contributed by atoms with van der Waals surface area (Å²) in [6, 6.07) is 14.9. The summed E-state index contributed by atoms with van der Waals surface area (Å²) in [6.07, 6.45) is 2.06. The number of methoxy groups -OCH3 is 1.